The predicted molar refractivity (Wildman–Crippen MR) is 84.0 cm³/mol. The lowest BCUT2D eigenvalue weighted by atomic mass is 9.76. The molecule has 0 amide bonds. The first kappa shape index (κ1) is 14.3. The Kier molecular flexibility index (Phi) is 3.85. The van der Waals surface area contributed by atoms with Crippen molar-refractivity contribution in [1.82, 2.24) is 4.90 Å². The first-order valence-corrected chi connectivity index (χ1v) is 7.68. The Hall–Kier alpha value is -1.61. The third-order valence-corrected chi connectivity index (χ3v) is 5.34. The van der Waals surface area contributed by atoms with E-state index in [-0.39, 0.29) is 17.8 Å². The number of piperidine rings is 1. The molecule has 2 saturated heterocycles. The van der Waals surface area contributed by atoms with Crippen molar-refractivity contribution in [3.05, 3.63) is 42.0 Å². The summed E-state index contributed by atoms with van der Waals surface area (Å²) in [6, 6.07) is 9.36. The van der Waals surface area contributed by atoms with Gasteiger partial charge in [0.15, 0.2) is 0 Å². The number of benzene rings is 1. The quantitative estimate of drug-likeness (QED) is 0.799. The van der Waals surface area contributed by atoms with E-state index in [1.54, 1.807) is 0 Å². The van der Waals surface area contributed by atoms with Crippen molar-refractivity contribution >= 4 is 12.0 Å². The molecule has 0 aromatic heterocycles. The lowest BCUT2D eigenvalue weighted by Gasteiger charge is -2.41. The fraction of sp³-hybridized carbons (Fsp3) is 0.500. The Morgan fingerprint density at radius 3 is 2.67 bits per heavy atom. The molecule has 0 N–H and O–H groups in total. The zero-order valence-corrected chi connectivity index (χ0v) is 12.8. The van der Waals surface area contributed by atoms with E-state index < -0.39 is 0 Å². The summed E-state index contributed by atoms with van der Waals surface area (Å²) in [7, 11) is 3.65. The van der Waals surface area contributed by atoms with Crippen LogP contribution in [-0.2, 0) is 9.53 Å². The highest BCUT2D eigenvalue weighted by Crippen LogP contribution is 2.46. The Morgan fingerprint density at radius 2 is 2.05 bits per heavy atom. The van der Waals surface area contributed by atoms with Gasteiger partial charge in [-0.15, -0.1) is 0 Å². The van der Waals surface area contributed by atoms with Gasteiger partial charge in [-0.25, -0.2) is 0 Å². The van der Waals surface area contributed by atoms with Crippen molar-refractivity contribution in [1.29, 1.82) is 0 Å². The monoisotopic (exact) mass is 285 g/mol. The number of hydrogen-bond donors (Lipinski definition) is 0. The molecule has 4 atom stereocenters. The second-order valence-electron chi connectivity index (χ2n) is 6.23. The maximum absolute atomic E-state index is 12.3. The van der Waals surface area contributed by atoms with E-state index in [0.29, 0.717) is 12.1 Å². The second kappa shape index (κ2) is 5.64. The van der Waals surface area contributed by atoms with E-state index in [2.05, 4.69) is 42.8 Å². The van der Waals surface area contributed by atoms with E-state index in [4.69, 9.17) is 4.74 Å². The van der Waals surface area contributed by atoms with Crippen LogP contribution < -0.4 is 0 Å². The molecule has 0 radical (unpaired) electrons. The van der Waals surface area contributed by atoms with Gasteiger partial charge in [0, 0.05) is 18.0 Å². The van der Waals surface area contributed by atoms with Crippen molar-refractivity contribution in [2.45, 2.75) is 37.3 Å². The average molecular weight is 285 g/mol. The van der Waals surface area contributed by atoms with Gasteiger partial charge >= 0.3 is 5.97 Å². The van der Waals surface area contributed by atoms with Gasteiger partial charge in [0.2, 0.25) is 0 Å². The first-order chi connectivity index (χ1) is 10.2. The third kappa shape index (κ3) is 2.40. The summed E-state index contributed by atoms with van der Waals surface area (Å²) in [6.07, 6.45) is 5.18. The van der Waals surface area contributed by atoms with Crippen LogP contribution in [0.25, 0.3) is 6.08 Å². The molecule has 1 aromatic carbocycles. The molecule has 0 spiro atoms. The smallest absolute Gasteiger partial charge is 0.310 e. The summed E-state index contributed by atoms with van der Waals surface area (Å²) in [5, 5.41) is 0. The van der Waals surface area contributed by atoms with Gasteiger partial charge in [0.25, 0.3) is 0 Å². The number of methoxy groups -OCH3 is 1. The van der Waals surface area contributed by atoms with E-state index in [9.17, 15) is 4.79 Å². The van der Waals surface area contributed by atoms with Crippen molar-refractivity contribution in [3.63, 3.8) is 0 Å². The number of rotatable bonds is 3. The maximum Gasteiger partial charge on any atom is 0.310 e. The maximum atomic E-state index is 12.3. The van der Waals surface area contributed by atoms with Crippen molar-refractivity contribution in [3.8, 4) is 0 Å². The number of carbonyl (C=O) groups is 1. The summed E-state index contributed by atoms with van der Waals surface area (Å²) in [4.78, 5) is 14.7. The number of fused-ring (bicyclic) bond motifs is 2. The second-order valence-corrected chi connectivity index (χ2v) is 6.23. The van der Waals surface area contributed by atoms with Crippen LogP contribution in [-0.4, -0.2) is 37.1 Å². The molecule has 21 heavy (non-hydrogen) atoms. The lowest BCUT2D eigenvalue weighted by Crippen LogP contribution is -2.49. The lowest BCUT2D eigenvalue weighted by molar-refractivity contribution is -0.150. The number of esters is 1. The number of nitrogens with zero attached hydrogens (tertiary/aromatic N) is 1. The van der Waals surface area contributed by atoms with Gasteiger partial charge < -0.3 is 4.74 Å². The van der Waals surface area contributed by atoms with E-state index >= 15 is 0 Å². The number of hydrogen-bond acceptors (Lipinski definition) is 3. The molecule has 2 aliphatic heterocycles. The fourth-order valence-corrected chi connectivity index (χ4v) is 4.15. The highest BCUT2D eigenvalue weighted by molar-refractivity contribution is 5.75. The van der Waals surface area contributed by atoms with Crippen LogP contribution in [0.3, 0.4) is 0 Å². The van der Waals surface area contributed by atoms with Crippen LogP contribution in [0.15, 0.2) is 30.8 Å². The third-order valence-electron chi connectivity index (χ3n) is 5.34. The molecule has 2 heterocycles. The minimum atomic E-state index is -0.0648. The topological polar surface area (TPSA) is 29.5 Å². The molecule has 1 aromatic rings. The van der Waals surface area contributed by atoms with Gasteiger partial charge in [-0.3, -0.25) is 9.69 Å². The molecule has 0 saturated carbocycles. The molecule has 0 aliphatic carbocycles. The summed E-state index contributed by atoms with van der Waals surface area (Å²) in [5.41, 5.74) is 2.37. The Labute approximate surface area is 126 Å². The van der Waals surface area contributed by atoms with Crippen LogP contribution in [0.2, 0.25) is 0 Å². The summed E-state index contributed by atoms with van der Waals surface area (Å²) in [6.45, 7) is 3.79. The number of carbonyl (C=O) groups excluding carboxylic acids is 1. The van der Waals surface area contributed by atoms with Crippen molar-refractivity contribution in [2.75, 3.05) is 14.2 Å². The highest BCUT2D eigenvalue weighted by Gasteiger charge is 2.49. The summed E-state index contributed by atoms with van der Waals surface area (Å²) in [5.74, 6) is 0.156. The van der Waals surface area contributed by atoms with Gasteiger partial charge in [-0.1, -0.05) is 36.9 Å². The molecule has 3 nitrogen and oxygen atoms in total. The molecule has 2 bridgehead atoms. The minimum absolute atomic E-state index is 0.0478. The Balaban J connectivity index is 1.94. The normalized spacial score (nSPS) is 31.9. The fourth-order valence-electron chi connectivity index (χ4n) is 4.15. The zero-order valence-electron chi connectivity index (χ0n) is 12.8. The molecule has 3 heteroatoms. The molecule has 112 valence electrons. The molecule has 3 rings (SSSR count). The summed E-state index contributed by atoms with van der Waals surface area (Å²) >= 11 is 0. The van der Waals surface area contributed by atoms with Crippen LogP contribution in [0.5, 0.6) is 0 Å². The highest BCUT2D eigenvalue weighted by atomic mass is 16.5. The van der Waals surface area contributed by atoms with Crippen LogP contribution in [0, 0.1) is 5.92 Å². The zero-order chi connectivity index (χ0) is 15.0. The Morgan fingerprint density at radius 1 is 1.33 bits per heavy atom. The van der Waals surface area contributed by atoms with Crippen molar-refractivity contribution in [2.24, 2.45) is 5.92 Å². The molecule has 2 aliphatic rings. The van der Waals surface area contributed by atoms with Crippen LogP contribution in [0.4, 0.5) is 0 Å². The number of ether oxygens (including phenoxy) is 1. The van der Waals surface area contributed by atoms with Crippen LogP contribution in [0.1, 0.15) is 36.3 Å². The molecular weight excluding hydrogens is 262 g/mol. The average Bonchev–Trinajstić information content (AvgIpc) is 2.76. The van der Waals surface area contributed by atoms with E-state index in [1.165, 1.54) is 19.1 Å². The van der Waals surface area contributed by atoms with Crippen molar-refractivity contribution < 1.29 is 9.53 Å². The van der Waals surface area contributed by atoms with Gasteiger partial charge in [0.1, 0.15) is 0 Å². The van der Waals surface area contributed by atoms with Gasteiger partial charge in [-0.05, 0) is 37.4 Å². The predicted octanol–water partition coefficient (Wildman–Crippen LogP) is 3.07. The van der Waals surface area contributed by atoms with Crippen LogP contribution >= 0.6 is 0 Å². The SMILES string of the molecule is C=Cc1ccc(C2CC3CCC(C2C(=O)OC)N3C)cc1. The Bertz CT molecular complexity index is 537. The van der Waals surface area contributed by atoms with Gasteiger partial charge in [-0.2, -0.15) is 0 Å². The van der Waals surface area contributed by atoms with Gasteiger partial charge in [0.05, 0.1) is 13.0 Å². The standard InChI is InChI=1S/C18H23NO2/c1-4-12-5-7-13(8-6-12)15-11-14-9-10-16(19(14)2)17(15)18(20)21-3/h4-8,14-17H,1,9-11H2,2-3H3. The first-order valence-electron chi connectivity index (χ1n) is 7.68. The molecule has 2 fully saturated rings. The molecular formula is C18H23NO2. The molecule has 4 unspecified atom stereocenters. The minimum Gasteiger partial charge on any atom is -0.469 e. The van der Waals surface area contributed by atoms with E-state index in [0.717, 1.165) is 18.4 Å². The van der Waals surface area contributed by atoms with E-state index in [1.807, 2.05) is 6.08 Å². The largest absolute Gasteiger partial charge is 0.469 e. The summed E-state index contributed by atoms with van der Waals surface area (Å²) < 4.78 is 5.10.